The third-order valence-electron chi connectivity index (χ3n) is 4.20. The smallest absolute Gasteiger partial charge is 0.326 e. The Kier molecular flexibility index (Phi) is 5.32. The van der Waals surface area contributed by atoms with Crippen LogP contribution in [0.3, 0.4) is 0 Å². The molecule has 1 N–H and O–H groups in total. The number of nitrogens with one attached hydrogen (secondary N) is 1. The molecule has 0 fully saturated rings. The minimum absolute atomic E-state index is 0.0978. The van der Waals surface area contributed by atoms with Crippen molar-refractivity contribution in [2.45, 2.75) is 6.42 Å². The molecule has 1 heterocycles. The van der Waals surface area contributed by atoms with Crippen molar-refractivity contribution in [2.75, 3.05) is 20.2 Å². The highest BCUT2D eigenvalue weighted by molar-refractivity contribution is 6.30. The van der Waals surface area contributed by atoms with Crippen molar-refractivity contribution < 1.29 is 9.53 Å². The van der Waals surface area contributed by atoms with E-state index in [2.05, 4.69) is 4.98 Å². The number of rotatable bonds is 6. The molecule has 0 spiro atoms. The number of ether oxygens (including phenoxy) is 1. The molecule has 0 saturated carbocycles. The first-order valence-corrected chi connectivity index (χ1v) is 8.66. The zero-order chi connectivity index (χ0) is 18.7. The minimum Gasteiger partial charge on any atom is -0.493 e. The number of aryl methyl sites for hydroxylation is 1. The van der Waals surface area contributed by atoms with Gasteiger partial charge in [-0.2, -0.15) is 0 Å². The molecule has 0 unspecified atom stereocenters. The maximum atomic E-state index is 12.6. The molecule has 136 valence electrons. The number of H-pyrrole nitrogens is 1. The Labute approximate surface area is 155 Å². The van der Waals surface area contributed by atoms with Gasteiger partial charge in [0.2, 0.25) is 0 Å². The van der Waals surface area contributed by atoms with Crippen LogP contribution in [0.1, 0.15) is 16.8 Å². The average Bonchev–Trinajstić information content (AvgIpc) is 2.91. The highest BCUT2D eigenvalue weighted by atomic mass is 35.5. The number of carbonyl (C=O) groups is 1. The predicted octanol–water partition coefficient (Wildman–Crippen LogP) is 3.06. The van der Waals surface area contributed by atoms with E-state index in [4.69, 9.17) is 16.3 Å². The number of benzene rings is 2. The van der Waals surface area contributed by atoms with Gasteiger partial charge >= 0.3 is 5.69 Å². The number of nitrogens with zero attached hydrogens (tertiary/aromatic N) is 2. The van der Waals surface area contributed by atoms with Crippen LogP contribution in [0.2, 0.25) is 5.02 Å². The Morgan fingerprint density at radius 1 is 1.27 bits per heavy atom. The fraction of sp³-hybridized carbons (Fsp3) is 0.263. The quantitative estimate of drug-likeness (QED) is 0.675. The van der Waals surface area contributed by atoms with Crippen LogP contribution >= 0.6 is 11.6 Å². The Bertz CT molecular complexity index is 993. The topological polar surface area (TPSA) is 67.3 Å². The fourth-order valence-corrected chi connectivity index (χ4v) is 2.92. The molecule has 3 aromatic rings. The van der Waals surface area contributed by atoms with Gasteiger partial charge < -0.3 is 14.6 Å². The van der Waals surface area contributed by atoms with Crippen molar-refractivity contribution in [2.24, 2.45) is 7.05 Å². The van der Waals surface area contributed by atoms with E-state index in [1.165, 1.54) is 4.57 Å². The van der Waals surface area contributed by atoms with Crippen molar-refractivity contribution in [1.82, 2.24) is 14.5 Å². The third-order valence-corrected chi connectivity index (χ3v) is 4.44. The molecule has 0 aliphatic carbocycles. The lowest BCUT2D eigenvalue weighted by atomic mass is 10.1. The minimum atomic E-state index is -0.198. The average molecular weight is 374 g/mol. The number of imidazole rings is 1. The summed E-state index contributed by atoms with van der Waals surface area (Å²) >= 11 is 5.91. The maximum absolute atomic E-state index is 12.6. The standard InChI is InChI=1S/C19H20ClN3O3/c1-22(9-4-10-26-15-6-3-5-14(20)12-15)18(24)13-7-8-17-16(11-13)21-19(25)23(17)2/h3,5-8,11-12H,4,9-10H2,1-2H3,(H,21,25). The van der Waals surface area contributed by atoms with Gasteiger partial charge in [0.15, 0.2) is 0 Å². The number of aromatic nitrogens is 2. The van der Waals surface area contributed by atoms with Gasteiger partial charge in [0.25, 0.3) is 5.91 Å². The van der Waals surface area contributed by atoms with Crippen LogP contribution < -0.4 is 10.4 Å². The fourth-order valence-electron chi connectivity index (χ4n) is 2.74. The number of amides is 1. The molecule has 0 aliphatic rings. The molecule has 1 amide bonds. The molecular formula is C19H20ClN3O3. The SMILES string of the molecule is CN(CCCOc1cccc(Cl)c1)C(=O)c1ccc2c(c1)[nH]c(=O)n2C. The molecule has 0 atom stereocenters. The van der Waals surface area contributed by atoms with Crippen molar-refractivity contribution in [1.29, 1.82) is 0 Å². The van der Waals surface area contributed by atoms with E-state index in [0.717, 1.165) is 5.52 Å². The summed E-state index contributed by atoms with van der Waals surface area (Å²) in [5.74, 6) is 0.615. The van der Waals surface area contributed by atoms with Crippen LogP contribution in [-0.2, 0) is 7.05 Å². The first kappa shape index (κ1) is 18.1. The largest absolute Gasteiger partial charge is 0.493 e. The third kappa shape index (κ3) is 3.91. The number of hydrogen-bond donors (Lipinski definition) is 1. The van der Waals surface area contributed by atoms with Crippen molar-refractivity contribution in [3.05, 3.63) is 63.5 Å². The lowest BCUT2D eigenvalue weighted by Gasteiger charge is -2.17. The molecule has 26 heavy (non-hydrogen) atoms. The highest BCUT2D eigenvalue weighted by Crippen LogP contribution is 2.17. The second-order valence-corrected chi connectivity index (χ2v) is 6.54. The van der Waals surface area contributed by atoms with Crippen molar-refractivity contribution in [3.63, 3.8) is 0 Å². The number of carbonyl (C=O) groups excluding carboxylic acids is 1. The number of fused-ring (bicyclic) bond motifs is 1. The van der Waals surface area contributed by atoms with E-state index in [0.29, 0.717) is 41.4 Å². The highest BCUT2D eigenvalue weighted by Gasteiger charge is 2.13. The Morgan fingerprint density at radius 2 is 2.08 bits per heavy atom. The van der Waals surface area contributed by atoms with E-state index in [-0.39, 0.29) is 11.6 Å². The van der Waals surface area contributed by atoms with E-state index in [1.54, 1.807) is 49.3 Å². The van der Waals surface area contributed by atoms with Gasteiger partial charge in [0, 0.05) is 31.2 Å². The molecule has 1 aromatic heterocycles. The summed E-state index contributed by atoms with van der Waals surface area (Å²) in [7, 11) is 3.44. The number of aromatic amines is 1. The number of hydrogen-bond acceptors (Lipinski definition) is 3. The summed E-state index contributed by atoms with van der Waals surface area (Å²) in [5, 5.41) is 0.629. The molecule has 7 heteroatoms. The van der Waals surface area contributed by atoms with Gasteiger partial charge in [-0.25, -0.2) is 4.79 Å². The first-order valence-electron chi connectivity index (χ1n) is 8.28. The van der Waals surface area contributed by atoms with Crippen molar-refractivity contribution in [3.8, 4) is 5.75 Å². The normalized spacial score (nSPS) is 10.9. The first-order chi connectivity index (χ1) is 12.5. The molecule has 0 bridgehead atoms. The Hall–Kier alpha value is -2.73. The van der Waals surface area contributed by atoms with Gasteiger partial charge in [-0.3, -0.25) is 9.36 Å². The van der Waals surface area contributed by atoms with E-state index in [9.17, 15) is 9.59 Å². The zero-order valence-corrected chi connectivity index (χ0v) is 15.4. The maximum Gasteiger partial charge on any atom is 0.326 e. The molecule has 3 rings (SSSR count). The lowest BCUT2D eigenvalue weighted by Crippen LogP contribution is -2.28. The molecule has 2 aromatic carbocycles. The van der Waals surface area contributed by atoms with Crippen LogP contribution in [0.25, 0.3) is 11.0 Å². The monoisotopic (exact) mass is 373 g/mol. The van der Waals surface area contributed by atoms with Gasteiger partial charge in [0.05, 0.1) is 17.6 Å². The Balaban J connectivity index is 1.56. The van der Waals surface area contributed by atoms with E-state index in [1.807, 2.05) is 12.1 Å². The van der Waals surface area contributed by atoms with Gasteiger partial charge in [-0.05, 0) is 42.8 Å². The van der Waals surface area contributed by atoms with E-state index < -0.39 is 0 Å². The second-order valence-electron chi connectivity index (χ2n) is 6.11. The van der Waals surface area contributed by atoms with Crippen LogP contribution in [0.15, 0.2) is 47.3 Å². The van der Waals surface area contributed by atoms with Crippen LogP contribution in [0.5, 0.6) is 5.75 Å². The number of halogens is 1. The van der Waals surface area contributed by atoms with E-state index >= 15 is 0 Å². The van der Waals surface area contributed by atoms with Crippen LogP contribution in [0, 0.1) is 0 Å². The van der Waals surface area contributed by atoms with Gasteiger partial charge in [-0.1, -0.05) is 17.7 Å². The predicted molar refractivity (Wildman–Crippen MR) is 102 cm³/mol. The molecule has 0 saturated heterocycles. The lowest BCUT2D eigenvalue weighted by molar-refractivity contribution is 0.0788. The van der Waals surface area contributed by atoms with Crippen LogP contribution in [0.4, 0.5) is 0 Å². The summed E-state index contributed by atoms with van der Waals surface area (Å²) < 4.78 is 7.15. The zero-order valence-electron chi connectivity index (χ0n) is 14.7. The van der Waals surface area contributed by atoms with Gasteiger partial charge in [-0.15, -0.1) is 0 Å². The summed E-state index contributed by atoms with van der Waals surface area (Å²) in [6.07, 6.45) is 0.694. The molecule has 0 radical (unpaired) electrons. The summed E-state index contributed by atoms with van der Waals surface area (Å²) in [4.78, 5) is 28.6. The summed E-state index contributed by atoms with van der Waals surface area (Å²) in [6, 6.07) is 12.4. The Morgan fingerprint density at radius 3 is 2.85 bits per heavy atom. The van der Waals surface area contributed by atoms with Crippen LogP contribution in [-0.4, -0.2) is 40.6 Å². The molecule has 0 aliphatic heterocycles. The van der Waals surface area contributed by atoms with Gasteiger partial charge in [0.1, 0.15) is 5.75 Å². The second kappa shape index (κ2) is 7.66. The summed E-state index contributed by atoms with van der Waals surface area (Å²) in [6.45, 7) is 1.05. The molecular weight excluding hydrogens is 354 g/mol. The summed E-state index contributed by atoms with van der Waals surface area (Å²) in [5.41, 5.74) is 1.76. The van der Waals surface area contributed by atoms with Crippen molar-refractivity contribution >= 4 is 28.5 Å². The molecule has 6 nitrogen and oxygen atoms in total.